The number of aromatic nitrogens is 2. The van der Waals surface area contributed by atoms with E-state index in [0.29, 0.717) is 62.8 Å². The summed E-state index contributed by atoms with van der Waals surface area (Å²) >= 11 is 0. The molecule has 230 valence electrons. The van der Waals surface area contributed by atoms with Gasteiger partial charge in [0.2, 0.25) is 5.91 Å². The summed E-state index contributed by atoms with van der Waals surface area (Å²) < 4.78 is 5.97. The first-order valence-corrected chi connectivity index (χ1v) is 15.8. The van der Waals surface area contributed by atoms with Gasteiger partial charge < -0.3 is 19.4 Å². The van der Waals surface area contributed by atoms with Crippen molar-refractivity contribution in [3.63, 3.8) is 0 Å². The van der Waals surface area contributed by atoms with Crippen molar-refractivity contribution in [2.24, 2.45) is 5.41 Å². The van der Waals surface area contributed by atoms with Crippen molar-refractivity contribution in [2.45, 2.75) is 50.4 Å². The lowest BCUT2D eigenvalue weighted by molar-refractivity contribution is -0.136. The molecular weight excluding hydrogens is 554 g/mol. The second-order valence-corrected chi connectivity index (χ2v) is 12.6. The molecule has 1 saturated heterocycles. The molecule has 0 unspecified atom stereocenters. The molecule has 9 nitrogen and oxygen atoms in total. The Morgan fingerprint density at radius 3 is 2.34 bits per heavy atom. The Balaban J connectivity index is 1.21. The molecule has 3 aromatic rings. The highest BCUT2D eigenvalue weighted by Gasteiger charge is 2.53. The molecule has 6 rings (SSSR count). The topological polar surface area (TPSA) is 95.9 Å². The normalized spacial score (nSPS) is 20.3. The average molecular weight is 596 g/mol. The van der Waals surface area contributed by atoms with Crippen molar-refractivity contribution in [1.29, 1.82) is 0 Å². The van der Waals surface area contributed by atoms with Crippen LogP contribution in [-0.2, 0) is 10.2 Å². The van der Waals surface area contributed by atoms with Crippen LogP contribution in [0.15, 0.2) is 73.2 Å². The van der Waals surface area contributed by atoms with Gasteiger partial charge in [-0.3, -0.25) is 19.4 Å². The summed E-state index contributed by atoms with van der Waals surface area (Å²) in [6, 6.07) is 17.5. The highest BCUT2D eigenvalue weighted by atomic mass is 16.5. The number of rotatable bonds is 3. The number of hydrogen-bond donors (Lipinski definition) is 0. The number of piperidine rings is 1. The molecule has 3 heterocycles. The fourth-order valence-corrected chi connectivity index (χ4v) is 6.97. The van der Waals surface area contributed by atoms with Crippen LogP contribution in [0.5, 0.6) is 5.75 Å². The van der Waals surface area contributed by atoms with Crippen molar-refractivity contribution in [1.82, 2.24) is 24.7 Å². The van der Waals surface area contributed by atoms with Gasteiger partial charge in [-0.1, -0.05) is 36.4 Å². The van der Waals surface area contributed by atoms with Gasteiger partial charge in [-0.05, 0) is 74.1 Å². The van der Waals surface area contributed by atoms with Crippen molar-refractivity contribution in [2.75, 3.05) is 46.4 Å². The maximum Gasteiger partial charge on any atom is 0.274 e. The molecule has 1 aromatic heterocycles. The highest BCUT2D eigenvalue weighted by molar-refractivity contribution is 5.94. The number of nitrogens with zero attached hydrogens (tertiary/aromatic N) is 5. The highest BCUT2D eigenvalue weighted by Crippen LogP contribution is 2.50. The average Bonchev–Trinajstić information content (AvgIpc) is 3.88. The molecule has 3 amide bonds. The van der Waals surface area contributed by atoms with E-state index in [1.54, 1.807) is 12.3 Å². The number of carbonyl (C=O) groups excluding carboxylic acids is 3. The lowest BCUT2D eigenvalue weighted by Gasteiger charge is -2.45. The first-order chi connectivity index (χ1) is 21.4. The van der Waals surface area contributed by atoms with E-state index in [0.717, 1.165) is 44.1 Å². The molecular formula is C35H41N5O4. The quantitative estimate of drug-likeness (QED) is 0.440. The van der Waals surface area contributed by atoms with E-state index in [2.05, 4.69) is 22.1 Å². The van der Waals surface area contributed by atoms with Crippen molar-refractivity contribution >= 4 is 17.7 Å². The number of likely N-dealkylation sites (tertiary alicyclic amines) is 1. The summed E-state index contributed by atoms with van der Waals surface area (Å²) in [6.45, 7) is 3.45. The third-order valence-electron chi connectivity index (χ3n) is 9.64. The van der Waals surface area contributed by atoms with E-state index >= 15 is 0 Å². The maximum absolute atomic E-state index is 13.8. The van der Waals surface area contributed by atoms with Gasteiger partial charge in [-0.15, -0.1) is 0 Å². The smallest absolute Gasteiger partial charge is 0.274 e. The SMILES string of the molecule is CN1CC2(CCCN(C(=O)c3cnccn3)CCCOc3cccc(c3)C1=O)CCN(C(=O)C1(c3ccccc3)CC1)CC2. The number of carbonyl (C=O) groups is 3. The maximum atomic E-state index is 13.8. The lowest BCUT2D eigenvalue weighted by atomic mass is 9.73. The van der Waals surface area contributed by atoms with Gasteiger partial charge >= 0.3 is 0 Å². The second-order valence-electron chi connectivity index (χ2n) is 12.6. The van der Waals surface area contributed by atoms with Crippen molar-refractivity contribution in [3.8, 4) is 5.75 Å². The molecule has 0 atom stereocenters. The molecule has 0 N–H and O–H groups in total. The third kappa shape index (κ3) is 6.32. The summed E-state index contributed by atoms with van der Waals surface area (Å²) in [4.78, 5) is 54.9. The number of amides is 3. The molecule has 1 aliphatic carbocycles. The zero-order valence-corrected chi connectivity index (χ0v) is 25.5. The molecule has 1 spiro atoms. The van der Waals surface area contributed by atoms with Crippen LogP contribution >= 0.6 is 0 Å². The minimum absolute atomic E-state index is 0.0383. The van der Waals surface area contributed by atoms with E-state index in [1.807, 2.05) is 58.1 Å². The fourth-order valence-electron chi connectivity index (χ4n) is 6.97. The van der Waals surface area contributed by atoms with Crippen LogP contribution in [0.1, 0.15) is 71.4 Å². The van der Waals surface area contributed by atoms with Crippen molar-refractivity contribution < 1.29 is 19.1 Å². The van der Waals surface area contributed by atoms with Crippen molar-refractivity contribution in [3.05, 3.63) is 90.0 Å². The minimum atomic E-state index is -0.380. The Kier molecular flexibility index (Phi) is 8.64. The van der Waals surface area contributed by atoms with Gasteiger partial charge in [0.25, 0.3) is 11.8 Å². The van der Waals surface area contributed by atoms with Gasteiger partial charge in [-0.2, -0.15) is 0 Å². The lowest BCUT2D eigenvalue weighted by Crippen LogP contribution is -2.50. The van der Waals surface area contributed by atoms with Crippen LogP contribution in [0.4, 0.5) is 0 Å². The molecule has 2 fully saturated rings. The second kappa shape index (κ2) is 12.8. The van der Waals surface area contributed by atoms with Crippen LogP contribution in [0.3, 0.4) is 0 Å². The van der Waals surface area contributed by atoms with Crippen LogP contribution < -0.4 is 4.74 Å². The predicted octanol–water partition coefficient (Wildman–Crippen LogP) is 4.59. The molecule has 9 heteroatoms. The predicted molar refractivity (Wildman–Crippen MR) is 166 cm³/mol. The van der Waals surface area contributed by atoms with Gasteiger partial charge in [0.15, 0.2) is 0 Å². The number of hydrogen-bond acceptors (Lipinski definition) is 6. The van der Waals surface area contributed by atoms with E-state index in [4.69, 9.17) is 4.74 Å². The Morgan fingerprint density at radius 2 is 1.61 bits per heavy atom. The standard InChI is InChI=1S/C35H41N5O4/c1-38-26-34(15-21-40(22-16-34)33(43)35(13-14-35)28-9-3-2-4-10-28)12-6-19-39(32(42)30-25-36-17-18-37-30)20-7-23-44-29-11-5-8-27(24-29)31(38)41/h2-5,8-11,17-18,24-25H,6-7,12-16,19-23,26H2,1H3. The molecule has 2 bridgehead atoms. The van der Waals surface area contributed by atoms with E-state index in [1.165, 1.54) is 12.4 Å². The molecule has 2 aliphatic heterocycles. The first-order valence-electron chi connectivity index (χ1n) is 15.8. The van der Waals surface area contributed by atoms with Gasteiger partial charge in [-0.25, -0.2) is 4.98 Å². The van der Waals surface area contributed by atoms with E-state index in [-0.39, 0.29) is 28.6 Å². The van der Waals surface area contributed by atoms with E-state index in [9.17, 15) is 14.4 Å². The van der Waals surface area contributed by atoms with Crippen LogP contribution in [0, 0.1) is 5.41 Å². The minimum Gasteiger partial charge on any atom is -0.494 e. The van der Waals surface area contributed by atoms with Gasteiger partial charge in [0.05, 0.1) is 18.2 Å². The molecule has 2 aromatic carbocycles. The zero-order chi connectivity index (χ0) is 30.6. The zero-order valence-electron chi connectivity index (χ0n) is 25.5. The summed E-state index contributed by atoms with van der Waals surface area (Å²) in [6.07, 6.45) is 10.3. The monoisotopic (exact) mass is 595 g/mol. The largest absolute Gasteiger partial charge is 0.494 e. The number of ether oxygens (including phenoxy) is 1. The molecule has 3 aliphatic rings. The summed E-state index contributed by atoms with van der Waals surface area (Å²) in [5, 5.41) is 0. The van der Waals surface area contributed by atoms with E-state index < -0.39 is 0 Å². The summed E-state index contributed by atoms with van der Waals surface area (Å²) in [5.74, 6) is 0.697. The number of fused-ring (bicyclic) bond motifs is 2. The third-order valence-corrected chi connectivity index (χ3v) is 9.64. The van der Waals surface area contributed by atoms with Crippen LogP contribution in [0.2, 0.25) is 0 Å². The Morgan fingerprint density at radius 1 is 0.841 bits per heavy atom. The van der Waals surface area contributed by atoms with Gasteiger partial charge in [0.1, 0.15) is 11.4 Å². The fraction of sp³-hybridized carbons (Fsp3) is 0.457. The summed E-state index contributed by atoms with van der Waals surface area (Å²) in [7, 11) is 1.87. The Labute approximate surface area is 259 Å². The molecule has 44 heavy (non-hydrogen) atoms. The Hall–Kier alpha value is -4.27. The molecule has 0 radical (unpaired) electrons. The summed E-state index contributed by atoms with van der Waals surface area (Å²) in [5.41, 5.74) is 1.50. The van der Waals surface area contributed by atoms with Crippen LogP contribution in [-0.4, -0.2) is 88.8 Å². The molecule has 1 saturated carbocycles. The van der Waals surface area contributed by atoms with Gasteiger partial charge in [0, 0.05) is 57.7 Å². The number of benzene rings is 2. The first kappa shape index (κ1) is 29.8. The Bertz CT molecular complexity index is 1470. The van der Waals surface area contributed by atoms with Crippen LogP contribution in [0.25, 0.3) is 0 Å².